The lowest BCUT2D eigenvalue weighted by atomic mass is 9.95. The summed E-state index contributed by atoms with van der Waals surface area (Å²) in [6.45, 7) is 8.02. The van der Waals surface area contributed by atoms with Crippen LogP contribution in [0, 0.1) is 5.92 Å². The highest BCUT2D eigenvalue weighted by atomic mass is 16.5. The molecule has 0 bridgehead atoms. The van der Waals surface area contributed by atoms with Crippen molar-refractivity contribution < 1.29 is 9.47 Å². The van der Waals surface area contributed by atoms with Gasteiger partial charge in [-0.15, -0.1) is 0 Å². The summed E-state index contributed by atoms with van der Waals surface area (Å²) in [4.78, 5) is 2.50. The molecule has 124 valence electrons. The predicted octanol–water partition coefficient (Wildman–Crippen LogP) is 3.22. The van der Waals surface area contributed by atoms with E-state index < -0.39 is 0 Å². The lowest BCUT2D eigenvalue weighted by Crippen LogP contribution is -2.39. The summed E-state index contributed by atoms with van der Waals surface area (Å²) in [7, 11) is 1.69. The second-order valence-corrected chi connectivity index (χ2v) is 6.23. The van der Waals surface area contributed by atoms with Crippen molar-refractivity contribution in [3.05, 3.63) is 23.8 Å². The van der Waals surface area contributed by atoms with Crippen LogP contribution in [0.4, 0.5) is 0 Å². The fourth-order valence-corrected chi connectivity index (χ4v) is 3.06. The van der Waals surface area contributed by atoms with Crippen LogP contribution in [0.3, 0.4) is 0 Å². The molecule has 0 aromatic heterocycles. The quantitative estimate of drug-likeness (QED) is 0.840. The number of rotatable bonds is 7. The predicted molar refractivity (Wildman–Crippen MR) is 90.5 cm³/mol. The minimum atomic E-state index is 0.265. The van der Waals surface area contributed by atoms with Gasteiger partial charge in [-0.1, -0.05) is 19.9 Å². The van der Waals surface area contributed by atoms with Gasteiger partial charge in [0.05, 0.1) is 13.7 Å². The number of nitrogens with two attached hydrogens (primary N) is 1. The zero-order valence-electron chi connectivity index (χ0n) is 14.2. The van der Waals surface area contributed by atoms with E-state index in [1.165, 1.54) is 18.4 Å². The Morgan fingerprint density at radius 1 is 1.27 bits per heavy atom. The highest BCUT2D eigenvalue weighted by Gasteiger charge is 2.24. The van der Waals surface area contributed by atoms with E-state index in [2.05, 4.69) is 30.9 Å². The third kappa shape index (κ3) is 4.14. The SMILES string of the molecule is CCCOc1ccc(C(CN)N2CCC(C)CC2)cc1OC. The van der Waals surface area contributed by atoms with E-state index >= 15 is 0 Å². The lowest BCUT2D eigenvalue weighted by molar-refractivity contribution is 0.141. The number of hydrogen-bond acceptors (Lipinski definition) is 4. The van der Waals surface area contributed by atoms with Gasteiger partial charge in [0.1, 0.15) is 0 Å². The molecule has 0 saturated carbocycles. The molecule has 1 fully saturated rings. The van der Waals surface area contributed by atoms with Gasteiger partial charge in [-0.3, -0.25) is 4.90 Å². The summed E-state index contributed by atoms with van der Waals surface area (Å²) in [6.07, 6.45) is 3.50. The molecule has 1 saturated heterocycles. The fraction of sp³-hybridized carbons (Fsp3) is 0.667. The van der Waals surface area contributed by atoms with E-state index in [-0.39, 0.29) is 6.04 Å². The van der Waals surface area contributed by atoms with E-state index in [9.17, 15) is 0 Å². The molecule has 0 radical (unpaired) electrons. The molecule has 1 unspecified atom stereocenters. The molecule has 4 heteroatoms. The van der Waals surface area contributed by atoms with Crippen molar-refractivity contribution in [1.29, 1.82) is 0 Å². The summed E-state index contributed by atoms with van der Waals surface area (Å²) >= 11 is 0. The minimum absolute atomic E-state index is 0.265. The maximum atomic E-state index is 6.07. The van der Waals surface area contributed by atoms with Crippen LogP contribution in [0.25, 0.3) is 0 Å². The first-order chi connectivity index (χ1) is 10.7. The molecule has 2 N–H and O–H groups in total. The monoisotopic (exact) mass is 306 g/mol. The Bertz CT molecular complexity index is 456. The van der Waals surface area contributed by atoms with Gasteiger partial charge >= 0.3 is 0 Å². The molecule has 1 atom stereocenters. The van der Waals surface area contributed by atoms with Gasteiger partial charge in [-0.2, -0.15) is 0 Å². The Morgan fingerprint density at radius 3 is 2.59 bits per heavy atom. The van der Waals surface area contributed by atoms with Crippen molar-refractivity contribution in [3.8, 4) is 11.5 Å². The molecule has 4 nitrogen and oxygen atoms in total. The molecule has 1 aliphatic rings. The van der Waals surface area contributed by atoms with E-state index in [4.69, 9.17) is 15.2 Å². The molecule has 0 amide bonds. The number of methoxy groups -OCH3 is 1. The third-order valence-corrected chi connectivity index (χ3v) is 4.52. The second-order valence-electron chi connectivity index (χ2n) is 6.23. The summed E-state index contributed by atoms with van der Waals surface area (Å²) in [5.74, 6) is 2.44. The molecule has 0 spiro atoms. The van der Waals surface area contributed by atoms with E-state index in [1.54, 1.807) is 7.11 Å². The van der Waals surface area contributed by atoms with Gasteiger partial charge in [0.25, 0.3) is 0 Å². The number of likely N-dealkylation sites (tertiary alicyclic amines) is 1. The number of hydrogen-bond donors (Lipinski definition) is 1. The van der Waals surface area contributed by atoms with Gasteiger partial charge in [0.2, 0.25) is 0 Å². The third-order valence-electron chi connectivity index (χ3n) is 4.52. The van der Waals surface area contributed by atoms with E-state index in [1.807, 2.05) is 6.07 Å². The summed E-state index contributed by atoms with van der Waals surface area (Å²) < 4.78 is 11.2. The van der Waals surface area contributed by atoms with Crippen molar-refractivity contribution in [2.24, 2.45) is 11.7 Å². The Morgan fingerprint density at radius 2 is 2.00 bits per heavy atom. The van der Waals surface area contributed by atoms with Crippen molar-refractivity contribution in [1.82, 2.24) is 4.90 Å². The fourth-order valence-electron chi connectivity index (χ4n) is 3.06. The maximum Gasteiger partial charge on any atom is 0.161 e. The molecule has 22 heavy (non-hydrogen) atoms. The van der Waals surface area contributed by atoms with Crippen LogP contribution in [0.1, 0.15) is 44.7 Å². The van der Waals surface area contributed by atoms with Crippen molar-refractivity contribution in [2.75, 3.05) is 33.4 Å². The molecule has 1 heterocycles. The van der Waals surface area contributed by atoms with Crippen LogP contribution in [0.5, 0.6) is 11.5 Å². The number of benzene rings is 1. The molecule has 1 aliphatic heterocycles. The second kappa shape index (κ2) is 8.39. The number of nitrogens with zero attached hydrogens (tertiary/aromatic N) is 1. The van der Waals surface area contributed by atoms with Gasteiger partial charge in [-0.05, 0) is 56.0 Å². The van der Waals surface area contributed by atoms with Gasteiger partial charge in [-0.25, -0.2) is 0 Å². The smallest absolute Gasteiger partial charge is 0.161 e. The van der Waals surface area contributed by atoms with Crippen molar-refractivity contribution >= 4 is 0 Å². The Balaban J connectivity index is 2.14. The van der Waals surface area contributed by atoms with Crippen LogP contribution in [0.2, 0.25) is 0 Å². The Labute approximate surface area is 134 Å². The Kier molecular flexibility index (Phi) is 6.52. The molecule has 2 rings (SSSR count). The van der Waals surface area contributed by atoms with Crippen LogP contribution in [0.15, 0.2) is 18.2 Å². The van der Waals surface area contributed by atoms with E-state index in [0.717, 1.165) is 36.9 Å². The minimum Gasteiger partial charge on any atom is -0.493 e. The first-order valence-corrected chi connectivity index (χ1v) is 8.44. The van der Waals surface area contributed by atoms with Crippen LogP contribution in [-0.2, 0) is 0 Å². The largest absolute Gasteiger partial charge is 0.493 e. The maximum absolute atomic E-state index is 6.07. The summed E-state index contributed by atoms with van der Waals surface area (Å²) in [5.41, 5.74) is 7.29. The zero-order chi connectivity index (χ0) is 15.9. The highest BCUT2D eigenvalue weighted by Crippen LogP contribution is 2.33. The first kappa shape index (κ1) is 17.1. The first-order valence-electron chi connectivity index (χ1n) is 8.44. The highest BCUT2D eigenvalue weighted by molar-refractivity contribution is 5.44. The number of ether oxygens (including phenoxy) is 2. The van der Waals surface area contributed by atoms with Crippen LogP contribution in [-0.4, -0.2) is 38.3 Å². The normalized spacial score (nSPS) is 18.2. The topological polar surface area (TPSA) is 47.7 Å². The van der Waals surface area contributed by atoms with Gasteiger partial charge in [0, 0.05) is 12.6 Å². The molecular weight excluding hydrogens is 276 g/mol. The molecular formula is C18H30N2O2. The van der Waals surface area contributed by atoms with Crippen molar-refractivity contribution in [2.45, 2.75) is 39.2 Å². The van der Waals surface area contributed by atoms with Gasteiger partial charge in [0.15, 0.2) is 11.5 Å². The molecule has 1 aromatic rings. The van der Waals surface area contributed by atoms with Crippen molar-refractivity contribution in [3.63, 3.8) is 0 Å². The van der Waals surface area contributed by atoms with Crippen LogP contribution < -0.4 is 15.2 Å². The van der Waals surface area contributed by atoms with Gasteiger partial charge < -0.3 is 15.2 Å². The zero-order valence-corrected chi connectivity index (χ0v) is 14.2. The summed E-state index contributed by atoms with van der Waals surface area (Å²) in [5, 5.41) is 0. The van der Waals surface area contributed by atoms with E-state index in [0.29, 0.717) is 13.2 Å². The lowest BCUT2D eigenvalue weighted by Gasteiger charge is -2.36. The molecule has 1 aromatic carbocycles. The van der Waals surface area contributed by atoms with Crippen LogP contribution >= 0.6 is 0 Å². The molecule has 0 aliphatic carbocycles. The summed E-state index contributed by atoms with van der Waals surface area (Å²) in [6, 6.07) is 6.49. The number of piperidine rings is 1. The average Bonchev–Trinajstić information content (AvgIpc) is 2.55. The average molecular weight is 306 g/mol. The Hall–Kier alpha value is -1.26. The standard InChI is InChI=1S/C18H30N2O2/c1-4-11-22-17-6-5-15(12-18(17)21-3)16(13-19)20-9-7-14(2)8-10-20/h5-6,12,14,16H,4,7-11,13,19H2,1-3H3.